The van der Waals surface area contributed by atoms with E-state index in [4.69, 9.17) is 4.98 Å². The summed E-state index contributed by atoms with van der Waals surface area (Å²) >= 11 is 1.81. The molecule has 0 spiro atoms. The molecule has 4 heterocycles. The molecule has 0 radical (unpaired) electrons. The van der Waals surface area contributed by atoms with E-state index in [0.29, 0.717) is 0 Å². The number of hydrogen-bond acceptors (Lipinski definition) is 5. The van der Waals surface area contributed by atoms with E-state index in [-0.39, 0.29) is 0 Å². The predicted molar refractivity (Wildman–Crippen MR) is 105 cm³/mol. The van der Waals surface area contributed by atoms with Crippen LogP contribution < -0.4 is 9.80 Å². The number of aromatic nitrogens is 4. The maximum Gasteiger partial charge on any atom is 0.182 e. The van der Waals surface area contributed by atoms with Crippen LogP contribution in [0.2, 0.25) is 0 Å². The smallest absolute Gasteiger partial charge is 0.182 e. The van der Waals surface area contributed by atoms with Crippen LogP contribution in [0.5, 0.6) is 0 Å². The lowest BCUT2D eigenvalue weighted by Crippen LogP contribution is -3.08. The molecule has 1 atom stereocenters. The van der Waals surface area contributed by atoms with E-state index in [1.807, 2.05) is 29.9 Å². The van der Waals surface area contributed by atoms with Gasteiger partial charge in [0, 0.05) is 31.8 Å². The first kappa shape index (κ1) is 15.7. The number of anilines is 1. The Labute approximate surface area is 155 Å². The molecule has 0 fully saturated rings. The Morgan fingerprint density at radius 3 is 2.77 bits per heavy atom. The number of thiophene rings is 1. The monoisotopic (exact) mass is 365 g/mol. The molecule has 26 heavy (non-hydrogen) atoms. The van der Waals surface area contributed by atoms with Crippen molar-refractivity contribution in [3.63, 3.8) is 0 Å². The standard InChI is InChI=1S/C19H20N6S/c1-23(2)13-6-4-12(5-7-13)17-21-18-16-14-8-9-24(3)10-15(14)26-19(16)20-11-25(18)22-17/h4-7,11H,8-10H2,1-3H3/p+1. The SMILES string of the molecule is CN(C)c1ccc(-c2nc3c4c5c(sc4ncn3n2)C[NH+](C)CC5)cc1. The van der Waals surface area contributed by atoms with E-state index in [2.05, 4.69) is 46.3 Å². The Morgan fingerprint density at radius 2 is 2.00 bits per heavy atom. The van der Waals surface area contributed by atoms with Crippen LogP contribution in [-0.2, 0) is 13.0 Å². The zero-order chi connectivity index (χ0) is 17.8. The molecule has 1 aliphatic heterocycles. The number of benzene rings is 1. The fourth-order valence-corrected chi connectivity index (χ4v) is 4.94. The van der Waals surface area contributed by atoms with Gasteiger partial charge < -0.3 is 9.80 Å². The number of fused-ring (bicyclic) bond motifs is 5. The van der Waals surface area contributed by atoms with Crippen molar-refractivity contribution in [3.05, 3.63) is 41.0 Å². The highest BCUT2D eigenvalue weighted by Crippen LogP contribution is 2.34. The quantitative estimate of drug-likeness (QED) is 0.587. The van der Waals surface area contributed by atoms with E-state index in [0.717, 1.165) is 41.4 Å². The molecule has 1 aliphatic rings. The molecule has 6 nitrogen and oxygen atoms in total. The second kappa shape index (κ2) is 5.75. The first-order valence-corrected chi connectivity index (χ1v) is 9.66. The molecule has 5 rings (SSSR count). The van der Waals surface area contributed by atoms with Gasteiger partial charge in [-0.2, -0.15) is 0 Å². The van der Waals surface area contributed by atoms with E-state index in [9.17, 15) is 0 Å². The summed E-state index contributed by atoms with van der Waals surface area (Å²) in [4.78, 5) is 15.7. The summed E-state index contributed by atoms with van der Waals surface area (Å²) in [5, 5.41) is 5.88. The van der Waals surface area contributed by atoms with Gasteiger partial charge in [0.2, 0.25) is 0 Å². The van der Waals surface area contributed by atoms with Crippen molar-refractivity contribution >= 4 is 32.9 Å². The van der Waals surface area contributed by atoms with Gasteiger partial charge in [-0.15, -0.1) is 16.4 Å². The van der Waals surface area contributed by atoms with Crippen molar-refractivity contribution in [3.8, 4) is 11.4 Å². The Balaban J connectivity index is 1.66. The molecular formula is C19H21N6S+. The molecule has 3 aromatic heterocycles. The second-order valence-corrected chi connectivity index (χ2v) is 8.29. The largest absolute Gasteiger partial charge is 0.378 e. The zero-order valence-electron chi connectivity index (χ0n) is 15.2. The van der Waals surface area contributed by atoms with Crippen molar-refractivity contribution in [1.82, 2.24) is 19.6 Å². The van der Waals surface area contributed by atoms with Gasteiger partial charge in [-0.3, -0.25) is 0 Å². The Bertz CT molecular complexity index is 1110. The molecular weight excluding hydrogens is 344 g/mol. The summed E-state index contributed by atoms with van der Waals surface area (Å²) in [6, 6.07) is 8.35. The average Bonchev–Trinajstić information content (AvgIpc) is 3.21. The van der Waals surface area contributed by atoms with Crippen LogP contribution in [0.15, 0.2) is 30.6 Å². The van der Waals surface area contributed by atoms with Gasteiger partial charge in [0.1, 0.15) is 17.7 Å². The molecule has 0 bridgehead atoms. The normalized spacial score (nSPS) is 17.0. The van der Waals surface area contributed by atoms with Crippen LogP contribution in [0.25, 0.3) is 27.3 Å². The van der Waals surface area contributed by atoms with E-state index in [1.54, 1.807) is 11.2 Å². The lowest BCUT2D eigenvalue weighted by molar-refractivity contribution is -0.895. The van der Waals surface area contributed by atoms with Gasteiger partial charge in [-0.1, -0.05) is 0 Å². The average molecular weight is 365 g/mol. The number of quaternary nitrogens is 1. The summed E-state index contributed by atoms with van der Waals surface area (Å²) in [6.07, 6.45) is 2.88. The highest BCUT2D eigenvalue weighted by molar-refractivity contribution is 7.19. The minimum absolute atomic E-state index is 0.753. The van der Waals surface area contributed by atoms with Gasteiger partial charge >= 0.3 is 0 Å². The lowest BCUT2D eigenvalue weighted by atomic mass is 10.1. The molecule has 1 aromatic carbocycles. The fraction of sp³-hybridized carbons (Fsp3) is 0.316. The zero-order valence-corrected chi connectivity index (χ0v) is 16.0. The topological polar surface area (TPSA) is 50.8 Å². The highest BCUT2D eigenvalue weighted by Gasteiger charge is 2.24. The maximum absolute atomic E-state index is 4.88. The molecule has 7 heteroatoms. The third-order valence-electron chi connectivity index (χ3n) is 5.12. The van der Waals surface area contributed by atoms with Crippen LogP contribution in [-0.4, -0.2) is 47.3 Å². The van der Waals surface area contributed by atoms with Crippen LogP contribution >= 0.6 is 11.3 Å². The van der Waals surface area contributed by atoms with Crippen LogP contribution in [0, 0.1) is 0 Å². The van der Waals surface area contributed by atoms with Crippen molar-refractivity contribution < 1.29 is 4.90 Å². The first-order valence-electron chi connectivity index (χ1n) is 8.85. The molecule has 0 amide bonds. The van der Waals surface area contributed by atoms with Crippen LogP contribution in [0.3, 0.4) is 0 Å². The Kier molecular flexibility index (Phi) is 3.48. The van der Waals surface area contributed by atoms with Gasteiger partial charge in [-0.25, -0.2) is 14.5 Å². The summed E-state index contributed by atoms with van der Waals surface area (Å²) < 4.78 is 1.83. The third kappa shape index (κ3) is 2.39. The van der Waals surface area contributed by atoms with Crippen molar-refractivity contribution in [2.75, 3.05) is 32.6 Å². The number of nitrogens with one attached hydrogen (secondary N) is 1. The molecule has 1 N–H and O–H groups in total. The minimum Gasteiger partial charge on any atom is -0.378 e. The van der Waals surface area contributed by atoms with Crippen molar-refractivity contribution in [2.24, 2.45) is 0 Å². The summed E-state index contributed by atoms with van der Waals surface area (Å²) in [7, 11) is 6.34. The van der Waals surface area contributed by atoms with Gasteiger partial charge in [0.25, 0.3) is 0 Å². The van der Waals surface area contributed by atoms with Crippen LogP contribution in [0.4, 0.5) is 5.69 Å². The number of nitrogens with zero attached hydrogens (tertiary/aromatic N) is 5. The first-order chi connectivity index (χ1) is 12.6. The van der Waals surface area contributed by atoms with E-state index < -0.39 is 0 Å². The summed E-state index contributed by atoms with van der Waals surface area (Å²) in [5.74, 6) is 0.753. The van der Waals surface area contributed by atoms with Crippen molar-refractivity contribution in [1.29, 1.82) is 0 Å². The van der Waals surface area contributed by atoms with Gasteiger partial charge in [0.15, 0.2) is 11.5 Å². The molecule has 4 aromatic rings. The molecule has 0 aliphatic carbocycles. The molecule has 0 saturated heterocycles. The van der Waals surface area contributed by atoms with E-state index in [1.165, 1.54) is 21.5 Å². The second-order valence-electron chi connectivity index (χ2n) is 7.21. The summed E-state index contributed by atoms with van der Waals surface area (Å²) in [5.41, 5.74) is 4.55. The number of likely N-dealkylation sites (N-methyl/N-ethyl adjacent to an activating group) is 1. The third-order valence-corrected chi connectivity index (χ3v) is 6.26. The number of rotatable bonds is 2. The van der Waals surface area contributed by atoms with Crippen LogP contribution in [0.1, 0.15) is 10.4 Å². The summed E-state index contributed by atoms with van der Waals surface area (Å²) in [6.45, 7) is 2.24. The number of hydrogen-bond donors (Lipinski definition) is 1. The Hall–Kier alpha value is -2.51. The molecule has 132 valence electrons. The Morgan fingerprint density at radius 1 is 1.19 bits per heavy atom. The fourth-order valence-electron chi connectivity index (χ4n) is 3.64. The minimum atomic E-state index is 0.753. The molecule has 0 saturated carbocycles. The van der Waals surface area contributed by atoms with Gasteiger partial charge in [-0.05, 0) is 29.8 Å². The van der Waals surface area contributed by atoms with Gasteiger partial charge in [0.05, 0.1) is 23.9 Å². The molecule has 1 unspecified atom stereocenters. The predicted octanol–water partition coefficient (Wildman–Crippen LogP) is 1.64. The highest BCUT2D eigenvalue weighted by atomic mass is 32.1. The van der Waals surface area contributed by atoms with Crippen molar-refractivity contribution in [2.45, 2.75) is 13.0 Å². The maximum atomic E-state index is 4.88. The van der Waals surface area contributed by atoms with E-state index >= 15 is 0 Å². The lowest BCUT2D eigenvalue weighted by Gasteiger charge is -2.19.